The third-order valence-corrected chi connectivity index (χ3v) is 8.56. The van der Waals surface area contributed by atoms with Gasteiger partial charge in [0.15, 0.2) is 0 Å². The van der Waals surface area contributed by atoms with E-state index in [0.717, 1.165) is 42.9 Å². The quantitative estimate of drug-likeness (QED) is 0.547. The van der Waals surface area contributed by atoms with E-state index in [-0.39, 0.29) is 53.1 Å². The van der Waals surface area contributed by atoms with E-state index in [9.17, 15) is 23.6 Å². The highest BCUT2D eigenvalue weighted by molar-refractivity contribution is 6.32. The molecule has 1 aliphatic carbocycles. The molecule has 40 heavy (non-hydrogen) atoms. The van der Waals surface area contributed by atoms with Crippen molar-refractivity contribution in [2.24, 2.45) is 5.41 Å². The highest BCUT2D eigenvalue weighted by Crippen LogP contribution is 2.45. The summed E-state index contributed by atoms with van der Waals surface area (Å²) in [6, 6.07) is 6.64. The lowest BCUT2D eigenvalue weighted by molar-refractivity contribution is -0.136. The van der Waals surface area contributed by atoms with Crippen molar-refractivity contribution < 1.29 is 33.0 Å². The fraction of sp³-hybridized carbons (Fsp3) is 0.379. The molecule has 0 bridgehead atoms. The van der Waals surface area contributed by atoms with E-state index in [1.807, 2.05) is 0 Å². The molecule has 11 heteroatoms. The molecule has 6 rings (SSSR count). The van der Waals surface area contributed by atoms with Crippen LogP contribution in [0.25, 0.3) is 5.57 Å². The summed E-state index contributed by atoms with van der Waals surface area (Å²) in [5.74, 6) is -1.82. The summed E-state index contributed by atoms with van der Waals surface area (Å²) in [7, 11) is 1.40. The van der Waals surface area contributed by atoms with Gasteiger partial charge in [0.05, 0.1) is 23.9 Å². The Morgan fingerprint density at radius 1 is 1.18 bits per heavy atom. The van der Waals surface area contributed by atoms with Gasteiger partial charge in [-0.05, 0) is 66.6 Å². The Kier molecular flexibility index (Phi) is 6.62. The van der Waals surface area contributed by atoms with Gasteiger partial charge in [-0.1, -0.05) is 23.7 Å². The van der Waals surface area contributed by atoms with E-state index < -0.39 is 23.9 Å². The molecule has 2 saturated heterocycles. The Balaban J connectivity index is 1.17. The monoisotopic (exact) mass is 567 g/mol. The van der Waals surface area contributed by atoms with Gasteiger partial charge in [-0.25, -0.2) is 9.18 Å². The van der Waals surface area contributed by atoms with Crippen LogP contribution in [0, 0.1) is 11.2 Å². The van der Waals surface area contributed by atoms with Crippen LogP contribution in [0.1, 0.15) is 53.6 Å². The summed E-state index contributed by atoms with van der Waals surface area (Å²) in [5.41, 5.74) is 2.85. The zero-order valence-corrected chi connectivity index (χ0v) is 22.6. The molecule has 3 aliphatic heterocycles. The van der Waals surface area contributed by atoms with Crippen molar-refractivity contribution >= 4 is 46.7 Å². The summed E-state index contributed by atoms with van der Waals surface area (Å²) >= 11 is 6.40. The molecule has 208 valence electrons. The number of hydrogen-bond acceptors (Lipinski definition) is 6. The summed E-state index contributed by atoms with van der Waals surface area (Å²) in [6.45, 7) is 1.70. The number of rotatable bonds is 4. The molecule has 2 aromatic carbocycles. The molecule has 2 fully saturated rings. The van der Waals surface area contributed by atoms with Crippen LogP contribution < -0.4 is 15.0 Å². The van der Waals surface area contributed by atoms with Crippen LogP contribution in [0.4, 0.5) is 14.9 Å². The van der Waals surface area contributed by atoms with Gasteiger partial charge in [0.25, 0.3) is 5.91 Å². The minimum Gasteiger partial charge on any atom is -0.410 e. The molecule has 2 aromatic rings. The molecule has 0 radical (unpaired) electrons. The first-order chi connectivity index (χ1) is 19.1. The summed E-state index contributed by atoms with van der Waals surface area (Å²) in [5, 5.41) is 2.54. The molecule has 1 unspecified atom stereocenters. The number of nitrogens with zero attached hydrogens (tertiary/aromatic N) is 2. The predicted octanol–water partition coefficient (Wildman–Crippen LogP) is 4.46. The minimum absolute atomic E-state index is 0.0128. The van der Waals surface area contributed by atoms with Crippen molar-refractivity contribution in [3.8, 4) is 5.75 Å². The van der Waals surface area contributed by atoms with Gasteiger partial charge in [-0.2, -0.15) is 0 Å². The lowest BCUT2D eigenvalue weighted by atomic mass is 9.72. The van der Waals surface area contributed by atoms with Crippen molar-refractivity contribution in [1.29, 1.82) is 0 Å². The molecule has 9 nitrogen and oxygen atoms in total. The summed E-state index contributed by atoms with van der Waals surface area (Å²) in [6.07, 6.45) is 4.27. The van der Waals surface area contributed by atoms with Crippen molar-refractivity contribution in [1.82, 2.24) is 10.2 Å². The number of ether oxygens (including phenoxy) is 2. The maximum atomic E-state index is 15.0. The van der Waals surface area contributed by atoms with Gasteiger partial charge >= 0.3 is 6.09 Å². The number of fused-ring (bicyclic) bond motifs is 1. The molecule has 1 atom stereocenters. The second kappa shape index (κ2) is 10.0. The maximum absolute atomic E-state index is 15.0. The van der Waals surface area contributed by atoms with Gasteiger partial charge in [0, 0.05) is 31.0 Å². The zero-order valence-electron chi connectivity index (χ0n) is 21.8. The SMILES string of the molecule is CN(C(=O)Oc1ccc2c(c1)C(=O)N(C1CCC(=O)NC1=O)C2)c1cc(C2=CCC3(CC2)COC3)c(Cl)cc1F. The van der Waals surface area contributed by atoms with Crippen LogP contribution in [0.15, 0.2) is 36.4 Å². The zero-order chi connectivity index (χ0) is 28.2. The smallest absolute Gasteiger partial charge is 0.410 e. The number of allylic oxidation sites excluding steroid dienone is 2. The number of piperidine rings is 1. The standard InChI is InChI=1S/C29H27ClFN3O6/c1-33(24-11-19(21(30)12-22(24)31)16-6-8-29(9-7-16)14-39-15-29)28(38)40-18-3-2-17-13-34(27(37)20(17)10-18)23-4-5-25(35)32-26(23)36/h2-3,6,10-12,23H,4-5,7-9,13-15H2,1H3,(H,32,35,36). The van der Waals surface area contributed by atoms with Gasteiger partial charge in [0.1, 0.15) is 17.6 Å². The highest BCUT2D eigenvalue weighted by atomic mass is 35.5. The third-order valence-electron chi connectivity index (χ3n) is 8.25. The molecular weight excluding hydrogens is 541 g/mol. The Bertz CT molecular complexity index is 1490. The van der Waals surface area contributed by atoms with Crippen LogP contribution in [0.2, 0.25) is 5.02 Å². The fourth-order valence-electron chi connectivity index (χ4n) is 5.75. The molecule has 0 aromatic heterocycles. The normalized spacial score (nSPS) is 21.5. The first-order valence-corrected chi connectivity index (χ1v) is 13.5. The molecule has 4 amide bonds. The van der Waals surface area contributed by atoms with E-state index in [2.05, 4.69) is 11.4 Å². The Morgan fingerprint density at radius 2 is 1.98 bits per heavy atom. The van der Waals surface area contributed by atoms with E-state index in [1.165, 1.54) is 24.1 Å². The lowest BCUT2D eigenvalue weighted by Crippen LogP contribution is -2.52. The van der Waals surface area contributed by atoms with Gasteiger partial charge in [0.2, 0.25) is 11.8 Å². The minimum atomic E-state index is -0.845. The van der Waals surface area contributed by atoms with Gasteiger partial charge in [-0.3, -0.25) is 24.6 Å². The first kappa shape index (κ1) is 26.5. The fourth-order valence-corrected chi connectivity index (χ4v) is 6.02. The largest absolute Gasteiger partial charge is 0.419 e. The van der Waals surface area contributed by atoms with Crippen molar-refractivity contribution in [2.75, 3.05) is 25.2 Å². The summed E-state index contributed by atoms with van der Waals surface area (Å²) < 4.78 is 25.9. The number of anilines is 1. The number of carbonyl (C=O) groups excluding carboxylic acids is 4. The molecule has 1 spiro atoms. The number of carbonyl (C=O) groups is 4. The Morgan fingerprint density at radius 3 is 2.65 bits per heavy atom. The van der Waals surface area contributed by atoms with Crippen LogP contribution in [-0.4, -0.2) is 55.0 Å². The molecule has 0 saturated carbocycles. The average molecular weight is 568 g/mol. The second-order valence-corrected chi connectivity index (χ2v) is 11.3. The van der Waals surface area contributed by atoms with E-state index in [4.69, 9.17) is 21.1 Å². The van der Waals surface area contributed by atoms with Gasteiger partial charge < -0.3 is 14.4 Å². The predicted molar refractivity (Wildman–Crippen MR) is 143 cm³/mol. The number of benzene rings is 2. The molecule has 3 heterocycles. The second-order valence-electron chi connectivity index (χ2n) is 10.9. The molecule has 4 aliphatic rings. The topological polar surface area (TPSA) is 105 Å². The lowest BCUT2D eigenvalue weighted by Gasteiger charge is -2.43. The van der Waals surface area contributed by atoms with E-state index >= 15 is 0 Å². The van der Waals surface area contributed by atoms with Crippen LogP contribution in [-0.2, 0) is 20.9 Å². The summed E-state index contributed by atoms with van der Waals surface area (Å²) in [4.78, 5) is 52.4. The number of hydrogen-bond donors (Lipinski definition) is 1. The Hall–Kier alpha value is -3.76. The van der Waals surface area contributed by atoms with Gasteiger partial charge in [-0.15, -0.1) is 0 Å². The third kappa shape index (κ3) is 4.65. The van der Waals surface area contributed by atoms with E-state index in [1.54, 1.807) is 18.2 Å². The average Bonchev–Trinajstić information content (AvgIpc) is 3.23. The van der Waals surface area contributed by atoms with Crippen molar-refractivity contribution in [3.63, 3.8) is 0 Å². The van der Waals surface area contributed by atoms with Crippen LogP contribution in [0.3, 0.4) is 0 Å². The number of amides is 4. The molecular formula is C29H27ClFN3O6. The maximum Gasteiger partial charge on any atom is 0.419 e. The molecule has 1 N–H and O–H groups in total. The number of nitrogens with one attached hydrogen (secondary N) is 1. The Labute approximate surface area is 234 Å². The van der Waals surface area contributed by atoms with Crippen molar-refractivity contribution in [3.05, 3.63) is 63.9 Å². The number of halogens is 2. The number of imide groups is 1. The van der Waals surface area contributed by atoms with Crippen LogP contribution in [0.5, 0.6) is 5.75 Å². The first-order valence-electron chi connectivity index (χ1n) is 13.1. The highest BCUT2D eigenvalue weighted by Gasteiger charge is 2.40. The van der Waals surface area contributed by atoms with Crippen molar-refractivity contribution in [2.45, 2.75) is 44.7 Å². The van der Waals surface area contributed by atoms with E-state index in [0.29, 0.717) is 16.7 Å². The van der Waals surface area contributed by atoms with Crippen LogP contribution >= 0.6 is 11.6 Å².